The smallest absolute Gasteiger partial charge is 0.0964 e. The maximum absolute atomic E-state index is 5.76. The summed E-state index contributed by atoms with van der Waals surface area (Å²) in [4.78, 5) is 0. The monoisotopic (exact) mass is 170 g/mol. The quantitative estimate of drug-likeness (QED) is 0.523. The molecule has 2 unspecified atom stereocenters. The maximum atomic E-state index is 5.76. The van der Waals surface area contributed by atoms with Crippen LogP contribution in [0.2, 0.25) is 0 Å². The van der Waals surface area contributed by atoms with E-state index in [2.05, 4.69) is 26.0 Å². The van der Waals surface area contributed by atoms with Gasteiger partial charge in [-0.25, -0.2) is 0 Å². The highest BCUT2D eigenvalue weighted by Crippen LogP contribution is 2.34. The minimum absolute atomic E-state index is 0.698. The molecule has 1 aromatic carbocycles. The first-order chi connectivity index (χ1) is 6.18. The van der Waals surface area contributed by atoms with Crippen LogP contribution in [0, 0.1) is 5.92 Å². The third kappa shape index (κ3) is 1.52. The van der Waals surface area contributed by atoms with Gasteiger partial charge in [0, 0.05) is 0 Å². The summed E-state index contributed by atoms with van der Waals surface area (Å²) < 4.78 is 0. The third-order valence-electron chi connectivity index (χ3n) is 3.38. The highest BCUT2D eigenvalue weighted by Gasteiger charge is 2.22. The molecule has 0 N–H and O–H groups in total. The van der Waals surface area contributed by atoms with Crippen LogP contribution in [-0.2, 0) is 6.42 Å². The van der Waals surface area contributed by atoms with Crippen molar-refractivity contribution in [3.63, 3.8) is 0 Å². The molecule has 13 heavy (non-hydrogen) atoms. The molecule has 2 radical (unpaired) electrons. The highest BCUT2D eigenvalue weighted by molar-refractivity contribution is 6.32. The van der Waals surface area contributed by atoms with Gasteiger partial charge in [-0.1, -0.05) is 37.5 Å². The molecule has 2 rings (SSSR count). The number of hydrogen-bond donors (Lipinski definition) is 0. The summed E-state index contributed by atoms with van der Waals surface area (Å²) >= 11 is 0. The Bertz CT molecular complexity index is 317. The fourth-order valence-corrected chi connectivity index (χ4v) is 2.23. The second-order valence-electron chi connectivity index (χ2n) is 4.26. The molecule has 0 aliphatic heterocycles. The molecular formula is C12H15B. The van der Waals surface area contributed by atoms with Gasteiger partial charge in [0.2, 0.25) is 0 Å². The molecule has 0 nitrogen and oxygen atoms in total. The van der Waals surface area contributed by atoms with E-state index in [9.17, 15) is 0 Å². The number of benzene rings is 1. The first-order valence-corrected chi connectivity index (χ1v) is 5.07. The number of fused-ring (bicyclic) bond motifs is 1. The lowest BCUT2D eigenvalue weighted by atomic mass is 9.75. The fraction of sp³-hybridized carbons (Fsp3) is 0.500. The van der Waals surface area contributed by atoms with Crippen molar-refractivity contribution < 1.29 is 0 Å². The number of aryl methyl sites for hydroxylation is 1. The van der Waals surface area contributed by atoms with Gasteiger partial charge in [-0.05, 0) is 35.8 Å². The molecule has 1 aliphatic carbocycles. The van der Waals surface area contributed by atoms with Gasteiger partial charge in [-0.3, -0.25) is 0 Å². The second kappa shape index (κ2) is 3.21. The molecule has 0 bridgehead atoms. The zero-order valence-corrected chi connectivity index (χ0v) is 8.38. The van der Waals surface area contributed by atoms with Crippen molar-refractivity contribution in [3.05, 3.63) is 29.3 Å². The average molecular weight is 170 g/mol. The molecule has 0 aromatic heterocycles. The molecule has 1 aliphatic rings. The minimum atomic E-state index is 0.698. The molecule has 0 heterocycles. The van der Waals surface area contributed by atoms with E-state index in [1.165, 1.54) is 24.0 Å². The molecule has 0 spiro atoms. The van der Waals surface area contributed by atoms with Crippen molar-refractivity contribution in [3.8, 4) is 0 Å². The standard InChI is InChI=1S/C12H15B/c1-8-3-4-10-7-11(13)5-6-12(10)9(8)2/h5-9H,3-4H2,1-2H3. The Labute approximate surface area is 81.8 Å². The molecular weight excluding hydrogens is 155 g/mol. The largest absolute Gasteiger partial charge is 0.113 e. The molecule has 0 fully saturated rings. The second-order valence-corrected chi connectivity index (χ2v) is 4.26. The zero-order chi connectivity index (χ0) is 9.42. The summed E-state index contributed by atoms with van der Waals surface area (Å²) in [5.41, 5.74) is 3.87. The predicted molar refractivity (Wildman–Crippen MR) is 57.7 cm³/mol. The van der Waals surface area contributed by atoms with E-state index < -0.39 is 0 Å². The molecule has 1 aromatic rings. The number of hydrogen-bond acceptors (Lipinski definition) is 0. The molecule has 0 saturated heterocycles. The number of rotatable bonds is 0. The SMILES string of the molecule is [B]c1ccc2c(c1)CCC(C)C2C. The first kappa shape index (κ1) is 8.86. The summed E-state index contributed by atoms with van der Waals surface area (Å²) in [6.07, 6.45) is 2.50. The minimum Gasteiger partial charge on any atom is -0.0964 e. The molecule has 0 saturated carbocycles. The van der Waals surface area contributed by atoms with Crippen LogP contribution < -0.4 is 5.46 Å². The molecule has 0 amide bonds. The van der Waals surface area contributed by atoms with E-state index in [4.69, 9.17) is 7.85 Å². The topological polar surface area (TPSA) is 0 Å². The lowest BCUT2D eigenvalue weighted by Crippen LogP contribution is -2.18. The Morgan fingerprint density at radius 3 is 2.85 bits per heavy atom. The van der Waals surface area contributed by atoms with Crippen molar-refractivity contribution in [2.75, 3.05) is 0 Å². The van der Waals surface area contributed by atoms with E-state index in [0.717, 1.165) is 11.4 Å². The van der Waals surface area contributed by atoms with Gasteiger partial charge in [-0.2, -0.15) is 0 Å². The lowest BCUT2D eigenvalue weighted by molar-refractivity contribution is 0.426. The molecule has 66 valence electrons. The van der Waals surface area contributed by atoms with Crippen molar-refractivity contribution in [1.82, 2.24) is 0 Å². The predicted octanol–water partition coefficient (Wildman–Crippen LogP) is 2.17. The molecule has 2 atom stereocenters. The van der Waals surface area contributed by atoms with E-state index in [-0.39, 0.29) is 0 Å². The van der Waals surface area contributed by atoms with Crippen LogP contribution in [0.4, 0.5) is 0 Å². The zero-order valence-electron chi connectivity index (χ0n) is 8.38. The normalized spacial score (nSPS) is 26.9. The van der Waals surface area contributed by atoms with Crippen LogP contribution in [0.5, 0.6) is 0 Å². The summed E-state index contributed by atoms with van der Waals surface area (Å²) in [6.45, 7) is 4.66. The Hall–Kier alpha value is -0.715. The van der Waals surface area contributed by atoms with E-state index >= 15 is 0 Å². The van der Waals surface area contributed by atoms with Gasteiger partial charge in [-0.15, -0.1) is 0 Å². The van der Waals surface area contributed by atoms with Gasteiger partial charge >= 0.3 is 0 Å². The van der Waals surface area contributed by atoms with Gasteiger partial charge in [0.25, 0.3) is 0 Å². The van der Waals surface area contributed by atoms with Crippen LogP contribution in [0.3, 0.4) is 0 Å². The van der Waals surface area contributed by atoms with Gasteiger partial charge in [0.1, 0.15) is 7.85 Å². The van der Waals surface area contributed by atoms with Crippen molar-refractivity contribution in [2.24, 2.45) is 5.92 Å². The summed E-state index contributed by atoms with van der Waals surface area (Å²) in [6, 6.07) is 6.36. The summed E-state index contributed by atoms with van der Waals surface area (Å²) in [5, 5.41) is 0. The van der Waals surface area contributed by atoms with Crippen LogP contribution >= 0.6 is 0 Å². The van der Waals surface area contributed by atoms with Crippen molar-refractivity contribution in [2.45, 2.75) is 32.6 Å². The Balaban J connectivity index is 2.44. The third-order valence-corrected chi connectivity index (χ3v) is 3.38. The van der Waals surface area contributed by atoms with Gasteiger partial charge in [0.15, 0.2) is 0 Å². The Morgan fingerprint density at radius 1 is 1.31 bits per heavy atom. The fourth-order valence-electron chi connectivity index (χ4n) is 2.23. The van der Waals surface area contributed by atoms with Gasteiger partial charge in [0.05, 0.1) is 0 Å². The first-order valence-electron chi connectivity index (χ1n) is 5.07. The summed E-state index contributed by atoms with van der Waals surface area (Å²) in [7, 11) is 5.76. The Kier molecular flexibility index (Phi) is 2.19. The van der Waals surface area contributed by atoms with Crippen LogP contribution in [0.25, 0.3) is 0 Å². The van der Waals surface area contributed by atoms with Crippen LogP contribution in [-0.4, -0.2) is 7.85 Å². The Morgan fingerprint density at radius 2 is 2.08 bits per heavy atom. The van der Waals surface area contributed by atoms with Crippen molar-refractivity contribution >= 4 is 13.3 Å². The molecule has 1 heteroatoms. The lowest BCUT2D eigenvalue weighted by Gasteiger charge is -2.28. The highest BCUT2D eigenvalue weighted by atomic mass is 14.3. The average Bonchev–Trinajstić information content (AvgIpc) is 2.12. The van der Waals surface area contributed by atoms with E-state index in [1.54, 1.807) is 0 Å². The van der Waals surface area contributed by atoms with E-state index in [0.29, 0.717) is 5.92 Å². The van der Waals surface area contributed by atoms with Crippen molar-refractivity contribution in [1.29, 1.82) is 0 Å². The van der Waals surface area contributed by atoms with Crippen LogP contribution in [0.15, 0.2) is 18.2 Å². The summed E-state index contributed by atoms with van der Waals surface area (Å²) in [5.74, 6) is 1.51. The maximum Gasteiger partial charge on any atom is 0.113 e. The van der Waals surface area contributed by atoms with Gasteiger partial charge < -0.3 is 0 Å². The van der Waals surface area contributed by atoms with Crippen LogP contribution in [0.1, 0.15) is 37.3 Å². The van der Waals surface area contributed by atoms with E-state index in [1.807, 2.05) is 6.07 Å².